The van der Waals surface area contributed by atoms with Gasteiger partial charge >= 0.3 is 0 Å². The minimum Gasteiger partial charge on any atom is -0.392 e. The predicted molar refractivity (Wildman–Crippen MR) is 63.7 cm³/mol. The van der Waals surface area contributed by atoms with E-state index in [4.69, 9.17) is 23.2 Å². The number of hydrogen-bond acceptors (Lipinski definition) is 1. The summed E-state index contributed by atoms with van der Waals surface area (Å²) in [6, 6.07) is 5.52. The molecule has 1 aromatic rings. The van der Waals surface area contributed by atoms with Gasteiger partial charge in [0, 0.05) is 16.0 Å². The zero-order valence-corrected chi connectivity index (χ0v) is 9.93. The second kappa shape index (κ2) is 4.73. The van der Waals surface area contributed by atoms with Gasteiger partial charge in [-0.1, -0.05) is 42.1 Å². The Bertz CT molecular complexity index is 351. The van der Waals surface area contributed by atoms with Gasteiger partial charge in [-0.3, -0.25) is 0 Å². The van der Waals surface area contributed by atoms with Crippen LogP contribution in [-0.4, -0.2) is 11.2 Å². The van der Waals surface area contributed by atoms with Gasteiger partial charge in [0.25, 0.3) is 0 Å². The van der Waals surface area contributed by atoms with Crippen molar-refractivity contribution in [3.05, 3.63) is 33.8 Å². The van der Waals surface area contributed by atoms with Crippen molar-refractivity contribution in [2.75, 3.05) is 0 Å². The van der Waals surface area contributed by atoms with Crippen LogP contribution in [0.25, 0.3) is 0 Å². The monoisotopic (exact) mass is 244 g/mol. The zero-order chi connectivity index (χ0) is 10.8. The summed E-state index contributed by atoms with van der Waals surface area (Å²) in [5.74, 6) is 0.184. The highest BCUT2D eigenvalue weighted by Gasteiger charge is 2.26. The molecule has 3 heteroatoms. The van der Waals surface area contributed by atoms with E-state index >= 15 is 0 Å². The van der Waals surface area contributed by atoms with Crippen molar-refractivity contribution in [1.29, 1.82) is 0 Å². The topological polar surface area (TPSA) is 20.2 Å². The second-order valence-electron chi connectivity index (χ2n) is 4.12. The highest BCUT2D eigenvalue weighted by Crippen LogP contribution is 2.37. The van der Waals surface area contributed by atoms with E-state index in [1.165, 1.54) is 6.42 Å². The lowest BCUT2D eigenvalue weighted by molar-refractivity contribution is 0.106. The molecule has 0 spiro atoms. The summed E-state index contributed by atoms with van der Waals surface area (Å²) in [4.78, 5) is 0. The first-order valence-electron chi connectivity index (χ1n) is 5.31. The fourth-order valence-electron chi connectivity index (χ4n) is 2.28. The molecule has 1 aliphatic carbocycles. The van der Waals surface area contributed by atoms with Crippen molar-refractivity contribution in [3.8, 4) is 0 Å². The summed E-state index contributed by atoms with van der Waals surface area (Å²) in [5.41, 5.74) is 1.04. The molecule has 0 amide bonds. The Hall–Kier alpha value is -0.240. The first-order chi connectivity index (χ1) is 7.18. The third-order valence-electron chi connectivity index (χ3n) is 3.09. The minimum absolute atomic E-state index is 0.184. The molecule has 0 aromatic heterocycles. The standard InChI is InChI=1S/C12H14Cl2O/c13-8-5-6-9(11(14)7-8)10-3-1-2-4-12(10)15/h5-7,10,12,15H,1-4H2. The maximum Gasteiger partial charge on any atom is 0.0609 e. The Balaban J connectivity index is 2.27. The summed E-state index contributed by atoms with van der Waals surface area (Å²) in [5, 5.41) is 11.2. The van der Waals surface area contributed by atoms with Gasteiger partial charge in [-0.15, -0.1) is 0 Å². The summed E-state index contributed by atoms with van der Waals surface area (Å²) >= 11 is 12.0. The molecular weight excluding hydrogens is 231 g/mol. The number of benzene rings is 1. The van der Waals surface area contributed by atoms with Crippen molar-refractivity contribution in [1.82, 2.24) is 0 Å². The minimum atomic E-state index is -0.252. The summed E-state index contributed by atoms with van der Waals surface area (Å²) in [6.45, 7) is 0. The fourth-order valence-corrected chi connectivity index (χ4v) is 2.82. The Kier molecular flexibility index (Phi) is 3.55. The van der Waals surface area contributed by atoms with Crippen LogP contribution in [-0.2, 0) is 0 Å². The van der Waals surface area contributed by atoms with Crippen LogP contribution in [0.3, 0.4) is 0 Å². The molecule has 82 valence electrons. The maximum absolute atomic E-state index is 9.92. The van der Waals surface area contributed by atoms with Crippen LogP contribution in [0.1, 0.15) is 37.2 Å². The van der Waals surface area contributed by atoms with E-state index in [-0.39, 0.29) is 12.0 Å². The van der Waals surface area contributed by atoms with Crippen molar-refractivity contribution >= 4 is 23.2 Å². The molecule has 1 fully saturated rings. The third kappa shape index (κ3) is 2.47. The van der Waals surface area contributed by atoms with E-state index in [2.05, 4.69) is 0 Å². The largest absolute Gasteiger partial charge is 0.392 e. The number of halogens is 2. The first kappa shape index (κ1) is 11.3. The molecule has 2 rings (SSSR count). The van der Waals surface area contributed by atoms with Gasteiger partial charge in [-0.2, -0.15) is 0 Å². The van der Waals surface area contributed by atoms with Gasteiger partial charge in [-0.25, -0.2) is 0 Å². The molecule has 2 unspecified atom stereocenters. The Morgan fingerprint density at radius 1 is 1.13 bits per heavy atom. The lowest BCUT2D eigenvalue weighted by Crippen LogP contribution is -2.22. The fraction of sp³-hybridized carbons (Fsp3) is 0.500. The van der Waals surface area contributed by atoms with E-state index in [9.17, 15) is 5.11 Å². The molecule has 1 aromatic carbocycles. The molecule has 15 heavy (non-hydrogen) atoms. The smallest absolute Gasteiger partial charge is 0.0609 e. The molecule has 0 saturated heterocycles. The quantitative estimate of drug-likeness (QED) is 0.792. The summed E-state index contributed by atoms with van der Waals surface area (Å²) < 4.78 is 0. The molecule has 0 radical (unpaired) electrons. The normalized spacial score (nSPS) is 26.6. The second-order valence-corrected chi connectivity index (χ2v) is 4.97. The van der Waals surface area contributed by atoms with Gasteiger partial charge in [0.15, 0.2) is 0 Å². The van der Waals surface area contributed by atoms with Gasteiger partial charge in [0.2, 0.25) is 0 Å². The molecule has 0 heterocycles. The number of rotatable bonds is 1. The van der Waals surface area contributed by atoms with Crippen LogP contribution in [0.5, 0.6) is 0 Å². The van der Waals surface area contributed by atoms with Crippen LogP contribution in [0, 0.1) is 0 Å². The lowest BCUT2D eigenvalue weighted by atomic mass is 9.82. The average molecular weight is 245 g/mol. The lowest BCUT2D eigenvalue weighted by Gasteiger charge is -2.28. The van der Waals surface area contributed by atoms with Crippen molar-refractivity contribution in [2.45, 2.75) is 37.7 Å². The SMILES string of the molecule is OC1CCCCC1c1ccc(Cl)cc1Cl. The van der Waals surface area contributed by atoms with Gasteiger partial charge < -0.3 is 5.11 Å². The molecule has 0 bridgehead atoms. The number of aliphatic hydroxyl groups excluding tert-OH is 1. The van der Waals surface area contributed by atoms with E-state index in [1.807, 2.05) is 12.1 Å². The van der Waals surface area contributed by atoms with Crippen molar-refractivity contribution in [3.63, 3.8) is 0 Å². The first-order valence-corrected chi connectivity index (χ1v) is 6.07. The van der Waals surface area contributed by atoms with Gasteiger partial charge in [-0.05, 0) is 30.5 Å². The zero-order valence-electron chi connectivity index (χ0n) is 8.42. The van der Waals surface area contributed by atoms with E-state index in [0.717, 1.165) is 24.8 Å². The van der Waals surface area contributed by atoms with E-state index in [0.29, 0.717) is 10.0 Å². The molecule has 2 atom stereocenters. The predicted octanol–water partition coefficient (Wildman–Crippen LogP) is 4.01. The molecule has 0 aliphatic heterocycles. The Morgan fingerprint density at radius 2 is 1.87 bits per heavy atom. The van der Waals surface area contributed by atoms with E-state index in [1.54, 1.807) is 6.07 Å². The van der Waals surface area contributed by atoms with Crippen LogP contribution in [0.15, 0.2) is 18.2 Å². The Morgan fingerprint density at radius 3 is 2.53 bits per heavy atom. The summed E-state index contributed by atoms with van der Waals surface area (Å²) in [7, 11) is 0. The van der Waals surface area contributed by atoms with Crippen molar-refractivity contribution in [2.24, 2.45) is 0 Å². The van der Waals surface area contributed by atoms with Crippen molar-refractivity contribution < 1.29 is 5.11 Å². The Labute approximate surface area is 100 Å². The van der Waals surface area contributed by atoms with Crippen LogP contribution in [0.2, 0.25) is 10.0 Å². The average Bonchev–Trinajstić information content (AvgIpc) is 2.20. The van der Waals surface area contributed by atoms with Crippen LogP contribution >= 0.6 is 23.2 Å². The van der Waals surface area contributed by atoms with Gasteiger partial charge in [0.1, 0.15) is 0 Å². The molecular formula is C12H14Cl2O. The van der Waals surface area contributed by atoms with E-state index < -0.39 is 0 Å². The highest BCUT2D eigenvalue weighted by atomic mass is 35.5. The van der Waals surface area contributed by atoms with Gasteiger partial charge in [0.05, 0.1) is 6.10 Å². The maximum atomic E-state index is 9.92. The number of hydrogen-bond donors (Lipinski definition) is 1. The van der Waals surface area contributed by atoms with Crippen LogP contribution < -0.4 is 0 Å². The molecule has 1 aliphatic rings. The highest BCUT2D eigenvalue weighted by molar-refractivity contribution is 6.35. The van der Waals surface area contributed by atoms with Crippen LogP contribution in [0.4, 0.5) is 0 Å². The molecule has 1 saturated carbocycles. The third-order valence-corrected chi connectivity index (χ3v) is 3.65. The molecule has 1 N–H and O–H groups in total. The summed E-state index contributed by atoms with van der Waals surface area (Å²) in [6.07, 6.45) is 3.92. The number of aliphatic hydroxyl groups is 1. The molecule has 1 nitrogen and oxygen atoms in total.